The SMILES string of the molecule is COc1ccccc1S(=O)(=O)N1CCN(c2cc(-c3ccc(F)cc3)ncn2)CC1. The van der Waals surface area contributed by atoms with Crippen molar-refractivity contribution in [3.8, 4) is 17.0 Å². The molecule has 1 aliphatic heterocycles. The normalized spacial score (nSPS) is 15.2. The lowest BCUT2D eigenvalue weighted by atomic mass is 10.1. The fourth-order valence-electron chi connectivity index (χ4n) is 3.43. The molecule has 0 N–H and O–H groups in total. The van der Waals surface area contributed by atoms with E-state index in [1.54, 1.807) is 36.4 Å². The molecule has 30 heavy (non-hydrogen) atoms. The van der Waals surface area contributed by atoms with Gasteiger partial charge in [-0.15, -0.1) is 0 Å². The molecule has 0 aliphatic carbocycles. The topological polar surface area (TPSA) is 75.6 Å². The number of benzene rings is 2. The highest BCUT2D eigenvalue weighted by atomic mass is 32.2. The maximum atomic E-state index is 13.2. The number of halogens is 1. The number of piperazine rings is 1. The zero-order valence-corrected chi connectivity index (χ0v) is 17.2. The van der Waals surface area contributed by atoms with Crippen LogP contribution in [0.2, 0.25) is 0 Å². The fraction of sp³-hybridized carbons (Fsp3) is 0.238. The van der Waals surface area contributed by atoms with Crippen molar-refractivity contribution in [3.05, 3.63) is 66.7 Å². The van der Waals surface area contributed by atoms with Gasteiger partial charge in [0.05, 0.1) is 12.8 Å². The second-order valence-electron chi connectivity index (χ2n) is 6.81. The van der Waals surface area contributed by atoms with Crippen LogP contribution in [0.25, 0.3) is 11.3 Å². The smallest absolute Gasteiger partial charge is 0.246 e. The summed E-state index contributed by atoms with van der Waals surface area (Å²) in [5.41, 5.74) is 1.47. The van der Waals surface area contributed by atoms with E-state index in [-0.39, 0.29) is 10.7 Å². The first-order valence-corrected chi connectivity index (χ1v) is 10.9. The van der Waals surface area contributed by atoms with Gasteiger partial charge in [-0.3, -0.25) is 0 Å². The van der Waals surface area contributed by atoms with Crippen LogP contribution in [-0.2, 0) is 10.0 Å². The van der Waals surface area contributed by atoms with E-state index in [0.717, 1.165) is 5.56 Å². The molecule has 1 aliphatic rings. The Balaban J connectivity index is 1.50. The molecule has 1 saturated heterocycles. The van der Waals surface area contributed by atoms with Crippen molar-refractivity contribution in [3.63, 3.8) is 0 Å². The van der Waals surface area contributed by atoms with Crippen LogP contribution in [-0.4, -0.2) is 56.0 Å². The molecule has 0 atom stereocenters. The number of ether oxygens (including phenoxy) is 1. The number of sulfonamides is 1. The minimum Gasteiger partial charge on any atom is -0.495 e. The molecule has 0 radical (unpaired) electrons. The Kier molecular flexibility index (Phi) is 5.65. The quantitative estimate of drug-likeness (QED) is 0.622. The van der Waals surface area contributed by atoms with Gasteiger partial charge in [0, 0.05) is 37.8 Å². The Bertz CT molecular complexity index is 1130. The first kappa shape index (κ1) is 20.2. The summed E-state index contributed by atoms with van der Waals surface area (Å²) in [6.07, 6.45) is 1.46. The molecule has 4 rings (SSSR count). The monoisotopic (exact) mass is 428 g/mol. The van der Waals surface area contributed by atoms with Gasteiger partial charge in [-0.25, -0.2) is 22.8 Å². The molecule has 156 valence electrons. The lowest BCUT2D eigenvalue weighted by Crippen LogP contribution is -2.49. The van der Waals surface area contributed by atoms with Crippen LogP contribution in [0.1, 0.15) is 0 Å². The van der Waals surface area contributed by atoms with Crippen LogP contribution < -0.4 is 9.64 Å². The predicted molar refractivity (Wildman–Crippen MR) is 111 cm³/mol. The van der Waals surface area contributed by atoms with Crippen LogP contribution in [0, 0.1) is 5.82 Å². The lowest BCUT2D eigenvalue weighted by molar-refractivity contribution is 0.373. The Labute approximate surface area is 174 Å². The van der Waals surface area contributed by atoms with Gasteiger partial charge in [-0.1, -0.05) is 12.1 Å². The summed E-state index contributed by atoms with van der Waals surface area (Å²) in [5, 5.41) is 0. The maximum Gasteiger partial charge on any atom is 0.246 e. The van der Waals surface area contributed by atoms with Crippen molar-refractivity contribution in [1.82, 2.24) is 14.3 Å². The molecule has 0 saturated carbocycles. The first-order chi connectivity index (χ1) is 14.5. The highest BCUT2D eigenvalue weighted by Crippen LogP contribution is 2.28. The highest BCUT2D eigenvalue weighted by molar-refractivity contribution is 7.89. The van der Waals surface area contributed by atoms with E-state index in [9.17, 15) is 12.8 Å². The number of hydrogen-bond acceptors (Lipinski definition) is 6. The van der Waals surface area contributed by atoms with Crippen molar-refractivity contribution in [2.75, 3.05) is 38.2 Å². The summed E-state index contributed by atoms with van der Waals surface area (Å²) in [5.74, 6) is 0.735. The van der Waals surface area contributed by atoms with E-state index in [0.29, 0.717) is 43.4 Å². The Morgan fingerprint density at radius 1 is 0.967 bits per heavy atom. The molecule has 7 nitrogen and oxygen atoms in total. The second-order valence-corrected chi connectivity index (χ2v) is 8.72. The highest BCUT2D eigenvalue weighted by Gasteiger charge is 2.31. The predicted octanol–water partition coefficient (Wildman–Crippen LogP) is 2.80. The lowest BCUT2D eigenvalue weighted by Gasteiger charge is -2.34. The molecular weight excluding hydrogens is 407 g/mol. The van der Waals surface area contributed by atoms with Gasteiger partial charge in [0.25, 0.3) is 0 Å². The third-order valence-corrected chi connectivity index (χ3v) is 6.98. The van der Waals surface area contributed by atoms with E-state index in [1.165, 1.54) is 29.9 Å². The van der Waals surface area contributed by atoms with E-state index in [2.05, 4.69) is 9.97 Å². The Hall–Kier alpha value is -3.04. The number of hydrogen-bond donors (Lipinski definition) is 0. The largest absolute Gasteiger partial charge is 0.495 e. The second kappa shape index (κ2) is 8.37. The van der Waals surface area contributed by atoms with E-state index >= 15 is 0 Å². The summed E-state index contributed by atoms with van der Waals surface area (Å²) >= 11 is 0. The average molecular weight is 428 g/mol. The molecule has 9 heteroatoms. The van der Waals surface area contributed by atoms with E-state index < -0.39 is 10.0 Å². The maximum absolute atomic E-state index is 13.2. The third-order valence-electron chi connectivity index (χ3n) is 5.04. The van der Waals surface area contributed by atoms with Gasteiger partial charge in [-0.05, 0) is 36.4 Å². The number of aromatic nitrogens is 2. The van der Waals surface area contributed by atoms with Crippen LogP contribution in [0.15, 0.2) is 65.8 Å². The molecule has 0 spiro atoms. The van der Waals surface area contributed by atoms with Crippen molar-refractivity contribution >= 4 is 15.8 Å². The van der Waals surface area contributed by atoms with Gasteiger partial charge in [-0.2, -0.15) is 4.31 Å². The Morgan fingerprint density at radius 2 is 1.67 bits per heavy atom. The zero-order valence-electron chi connectivity index (χ0n) is 16.4. The standard InChI is InChI=1S/C21H21FN4O3S/c1-29-19-4-2-3-5-20(19)30(27,28)26-12-10-25(11-13-26)21-14-18(23-15-24-21)16-6-8-17(22)9-7-16/h2-9,14-15H,10-13H2,1H3. The third kappa shape index (κ3) is 3.99. The minimum atomic E-state index is -3.65. The van der Waals surface area contributed by atoms with Gasteiger partial charge in [0.1, 0.15) is 28.6 Å². The van der Waals surface area contributed by atoms with Crippen molar-refractivity contribution in [2.24, 2.45) is 0 Å². The summed E-state index contributed by atoms with van der Waals surface area (Å²) in [7, 11) is -2.19. The number of methoxy groups -OCH3 is 1. The number of nitrogens with zero attached hydrogens (tertiary/aromatic N) is 4. The number of para-hydroxylation sites is 1. The molecule has 1 aromatic heterocycles. The fourth-order valence-corrected chi connectivity index (χ4v) is 5.01. The van der Waals surface area contributed by atoms with Gasteiger partial charge in [0.15, 0.2) is 0 Å². The molecule has 1 fully saturated rings. The Morgan fingerprint density at radius 3 is 2.37 bits per heavy atom. The van der Waals surface area contributed by atoms with Gasteiger partial charge in [0.2, 0.25) is 10.0 Å². The number of rotatable bonds is 5. The van der Waals surface area contributed by atoms with Crippen molar-refractivity contribution < 1.29 is 17.5 Å². The minimum absolute atomic E-state index is 0.168. The summed E-state index contributed by atoms with van der Waals surface area (Å²) in [6.45, 7) is 1.65. The summed E-state index contributed by atoms with van der Waals surface area (Å²) < 4.78 is 45.9. The molecule has 0 amide bonds. The molecule has 2 aromatic carbocycles. The van der Waals surface area contributed by atoms with E-state index in [4.69, 9.17) is 4.74 Å². The zero-order chi connectivity index (χ0) is 21.1. The molecular formula is C21H21FN4O3S. The summed E-state index contributed by atoms with van der Waals surface area (Å²) in [4.78, 5) is 10.8. The molecule has 0 unspecified atom stereocenters. The molecule has 3 aromatic rings. The van der Waals surface area contributed by atoms with Crippen molar-refractivity contribution in [2.45, 2.75) is 4.90 Å². The average Bonchev–Trinajstić information content (AvgIpc) is 2.79. The van der Waals surface area contributed by atoms with Crippen LogP contribution >= 0.6 is 0 Å². The van der Waals surface area contributed by atoms with Crippen LogP contribution in [0.3, 0.4) is 0 Å². The van der Waals surface area contributed by atoms with E-state index in [1.807, 2.05) is 11.0 Å². The molecule has 0 bridgehead atoms. The molecule has 2 heterocycles. The van der Waals surface area contributed by atoms with Crippen molar-refractivity contribution in [1.29, 1.82) is 0 Å². The van der Waals surface area contributed by atoms with Gasteiger partial charge >= 0.3 is 0 Å². The first-order valence-electron chi connectivity index (χ1n) is 9.45. The van der Waals surface area contributed by atoms with Crippen LogP contribution in [0.4, 0.5) is 10.2 Å². The van der Waals surface area contributed by atoms with Gasteiger partial charge < -0.3 is 9.64 Å². The van der Waals surface area contributed by atoms with Crippen LogP contribution in [0.5, 0.6) is 5.75 Å². The number of anilines is 1. The summed E-state index contributed by atoms with van der Waals surface area (Å²) in [6, 6.07) is 14.6.